The molecule has 0 aromatic heterocycles. The number of hydrogen-bond acceptors (Lipinski definition) is 2. The van der Waals surface area contributed by atoms with Crippen LogP contribution in [0.1, 0.15) is 10.4 Å². The maximum atomic E-state index is 14.6. The standard InChI is InChI=1S/C33H26NOPS/c35-31(26-16-6-1-7-17-26)32(33(37)34-27-18-8-2-9-19-27)36(28-20-10-3-11-21-28,29-22-12-4-13-23-29)30-24-14-5-15-25-30/h1-25H,(H,34,37). The molecule has 0 saturated carbocycles. The van der Waals surface area contributed by atoms with E-state index in [1.807, 2.05) is 115 Å². The SMILES string of the molecule is O=C(C(C(=S)Nc1ccccc1)=P(c1ccccc1)(c1ccccc1)c1ccccc1)c1ccccc1. The summed E-state index contributed by atoms with van der Waals surface area (Å²) in [5.74, 6) is -0.0704. The molecule has 0 aliphatic heterocycles. The summed E-state index contributed by atoms with van der Waals surface area (Å²) in [6.45, 7) is -2.71. The van der Waals surface area contributed by atoms with Crippen LogP contribution in [0.5, 0.6) is 0 Å². The van der Waals surface area contributed by atoms with Gasteiger partial charge in [0.05, 0.1) is 5.29 Å². The molecule has 5 aromatic carbocycles. The smallest absolute Gasteiger partial charge is 0.197 e. The minimum atomic E-state index is -2.71. The van der Waals surface area contributed by atoms with E-state index in [1.165, 1.54) is 0 Å². The average Bonchev–Trinajstić information content (AvgIpc) is 2.98. The molecule has 5 aromatic rings. The summed E-state index contributed by atoms with van der Waals surface area (Å²) in [6, 6.07) is 50.2. The minimum Gasteiger partial charge on any atom is -0.346 e. The zero-order valence-corrected chi connectivity index (χ0v) is 21.9. The largest absolute Gasteiger partial charge is 0.346 e. The zero-order valence-electron chi connectivity index (χ0n) is 20.2. The molecule has 0 radical (unpaired) electrons. The van der Waals surface area contributed by atoms with Crippen LogP contribution in [0.25, 0.3) is 0 Å². The predicted octanol–water partition coefficient (Wildman–Crippen LogP) is 6.48. The van der Waals surface area contributed by atoms with Crippen LogP contribution >= 0.6 is 19.1 Å². The fraction of sp³-hybridized carbons (Fsp3) is 0. The molecule has 180 valence electrons. The highest BCUT2D eigenvalue weighted by Crippen LogP contribution is 2.47. The molecule has 0 aliphatic carbocycles. The van der Waals surface area contributed by atoms with Crippen molar-refractivity contribution in [3.63, 3.8) is 0 Å². The molecule has 0 bridgehead atoms. The number of Topliss-reactive ketones (excluding diaryl/α,β-unsaturated/α-hetero) is 1. The number of carbonyl (C=O) groups excluding carboxylic acids is 1. The van der Waals surface area contributed by atoms with Crippen molar-refractivity contribution in [2.45, 2.75) is 0 Å². The highest BCUT2D eigenvalue weighted by Gasteiger charge is 2.35. The Morgan fingerprint density at radius 3 is 1.27 bits per heavy atom. The molecule has 0 atom stereocenters. The van der Waals surface area contributed by atoms with Gasteiger partial charge in [0.1, 0.15) is 4.99 Å². The number of ketones is 1. The molecule has 0 unspecified atom stereocenters. The second kappa shape index (κ2) is 11.3. The Labute approximate surface area is 223 Å². The first-order valence-corrected chi connectivity index (χ1v) is 14.3. The van der Waals surface area contributed by atoms with Crippen LogP contribution in [0.15, 0.2) is 152 Å². The van der Waals surface area contributed by atoms with Gasteiger partial charge in [-0.3, -0.25) is 4.79 Å². The molecule has 4 heteroatoms. The van der Waals surface area contributed by atoms with E-state index in [4.69, 9.17) is 12.2 Å². The van der Waals surface area contributed by atoms with Gasteiger partial charge < -0.3 is 5.32 Å². The van der Waals surface area contributed by atoms with Crippen LogP contribution in [-0.2, 0) is 0 Å². The van der Waals surface area contributed by atoms with E-state index < -0.39 is 6.89 Å². The van der Waals surface area contributed by atoms with Gasteiger partial charge in [0, 0.05) is 11.3 Å². The third kappa shape index (κ3) is 4.97. The molecular formula is C33H26NOPS. The summed E-state index contributed by atoms with van der Waals surface area (Å²) >= 11 is 6.14. The highest BCUT2D eigenvalue weighted by molar-refractivity contribution is 8.00. The Morgan fingerprint density at radius 1 is 0.514 bits per heavy atom. The van der Waals surface area contributed by atoms with Gasteiger partial charge in [-0.05, 0) is 34.9 Å². The molecule has 0 amide bonds. The molecule has 0 spiro atoms. The average molecular weight is 516 g/mol. The number of benzene rings is 5. The van der Waals surface area contributed by atoms with Crippen molar-refractivity contribution in [1.29, 1.82) is 0 Å². The lowest BCUT2D eigenvalue weighted by atomic mass is 10.1. The normalized spacial score (nSPS) is 10.9. The van der Waals surface area contributed by atoms with Gasteiger partial charge in [-0.2, -0.15) is 0 Å². The lowest BCUT2D eigenvalue weighted by Gasteiger charge is -2.33. The monoisotopic (exact) mass is 515 g/mol. The number of hydrogen-bond donors (Lipinski definition) is 1. The fourth-order valence-corrected chi connectivity index (χ4v) is 9.58. The van der Waals surface area contributed by atoms with Gasteiger partial charge in [0.25, 0.3) is 0 Å². The van der Waals surface area contributed by atoms with Crippen molar-refractivity contribution in [2.24, 2.45) is 0 Å². The fourth-order valence-electron chi connectivity index (χ4n) is 4.64. The van der Waals surface area contributed by atoms with Crippen LogP contribution in [0, 0.1) is 0 Å². The molecule has 1 N–H and O–H groups in total. The van der Waals surface area contributed by atoms with E-state index >= 15 is 0 Å². The van der Waals surface area contributed by atoms with Crippen LogP contribution < -0.4 is 21.2 Å². The lowest BCUT2D eigenvalue weighted by Crippen LogP contribution is -2.39. The Kier molecular flexibility index (Phi) is 7.56. The first-order chi connectivity index (χ1) is 18.2. The number of nitrogens with one attached hydrogen (secondary N) is 1. The Hall–Kier alpha value is -4.04. The summed E-state index contributed by atoms with van der Waals surface area (Å²) in [7, 11) is 0. The van der Waals surface area contributed by atoms with Crippen LogP contribution in [0.4, 0.5) is 5.69 Å². The molecule has 5 rings (SSSR count). The third-order valence-corrected chi connectivity index (χ3v) is 11.0. The Morgan fingerprint density at radius 2 is 0.865 bits per heavy atom. The molecule has 37 heavy (non-hydrogen) atoms. The number of carbonyl (C=O) groups is 1. The maximum absolute atomic E-state index is 14.6. The van der Waals surface area contributed by atoms with Gasteiger partial charge in [0.15, 0.2) is 5.78 Å². The van der Waals surface area contributed by atoms with Crippen molar-refractivity contribution in [3.8, 4) is 0 Å². The van der Waals surface area contributed by atoms with E-state index in [0.717, 1.165) is 21.6 Å². The second-order valence-electron chi connectivity index (χ2n) is 8.54. The maximum Gasteiger partial charge on any atom is 0.197 e. The Balaban J connectivity index is 1.95. The molecule has 0 heterocycles. The number of para-hydroxylation sites is 1. The lowest BCUT2D eigenvalue weighted by molar-refractivity contribution is 0.107. The minimum absolute atomic E-state index is 0.0704. The van der Waals surface area contributed by atoms with Crippen molar-refractivity contribution in [2.75, 3.05) is 5.32 Å². The van der Waals surface area contributed by atoms with E-state index in [9.17, 15) is 4.79 Å². The quantitative estimate of drug-likeness (QED) is 0.153. The summed E-state index contributed by atoms with van der Waals surface area (Å²) in [6.07, 6.45) is 0. The van der Waals surface area contributed by atoms with E-state index in [2.05, 4.69) is 41.7 Å². The first-order valence-electron chi connectivity index (χ1n) is 12.1. The van der Waals surface area contributed by atoms with Gasteiger partial charge in [-0.1, -0.05) is 152 Å². The molecule has 2 nitrogen and oxygen atoms in total. The van der Waals surface area contributed by atoms with Crippen LogP contribution in [0.3, 0.4) is 0 Å². The van der Waals surface area contributed by atoms with E-state index in [0.29, 0.717) is 15.8 Å². The van der Waals surface area contributed by atoms with Crippen molar-refractivity contribution in [1.82, 2.24) is 0 Å². The number of thiocarbonyl (C=S) groups is 1. The number of rotatable bonds is 7. The van der Waals surface area contributed by atoms with Gasteiger partial charge in [-0.25, -0.2) is 0 Å². The first kappa shape index (κ1) is 24.6. The van der Waals surface area contributed by atoms with Crippen molar-refractivity contribution in [3.05, 3.63) is 157 Å². The van der Waals surface area contributed by atoms with Crippen LogP contribution in [0.2, 0.25) is 0 Å². The molecule has 0 aliphatic rings. The Bertz CT molecular complexity index is 1450. The van der Waals surface area contributed by atoms with Crippen LogP contribution in [-0.4, -0.2) is 16.1 Å². The molecule has 0 saturated heterocycles. The predicted molar refractivity (Wildman–Crippen MR) is 164 cm³/mol. The number of anilines is 1. The van der Waals surface area contributed by atoms with Gasteiger partial charge in [-0.15, -0.1) is 0 Å². The zero-order chi connectivity index (χ0) is 25.5. The topological polar surface area (TPSA) is 29.1 Å². The summed E-state index contributed by atoms with van der Waals surface area (Å²) in [5.41, 5.74) is 1.46. The second-order valence-corrected chi connectivity index (χ2v) is 12.3. The van der Waals surface area contributed by atoms with Crippen molar-refractivity contribution >= 4 is 56.8 Å². The molecular weight excluding hydrogens is 489 g/mol. The van der Waals surface area contributed by atoms with Gasteiger partial charge in [0.2, 0.25) is 0 Å². The third-order valence-electron chi connectivity index (χ3n) is 6.26. The molecule has 0 fully saturated rings. The highest BCUT2D eigenvalue weighted by atomic mass is 32.1. The summed E-state index contributed by atoms with van der Waals surface area (Å²) in [4.78, 5) is 15.0. The summed E-state index contributed by atoms with van der Waals surface area (Å²) < 4.78 is 0. The van der Waals surface area contributed by atoms with E-state index in [-0.39, 0.29) is 5.78 Å². The van der Waals surface area contributed by atoms with E-state index in [1.54, 1.807) is 0 Å². The van der Waals surface area contributed by atoms with Gasteiger partial charge >= 0.3 is 0 Å². The van der Waals surface area contributed by atoms with Crippen molar-refractivity contribution < 1.29 is 4.79 Å². The summed E-state index contributed by atoms with van der Waals surface area (Å²) in [5, 5.41) is 7.24.